The summed E-state index contributed by atoms with van der Waals surface area (Å²) in [5, 5.41) is 0. The second kappa shape index (κ2) is 4.80. The SMILES string of the molecule is CS(=O)(=O)CCn1ccnc1-c1ccc(Cl)s1. The van der Waals surface area contributed by atoms with Gasteiger partial charge in [0.2, 0.25) is 0 Å². The number of aromatic nitrogens is 2. The molecule has 0 fully saturated rings. The molecule has 0 saturated carbocycles. The molecule has 17 heavy (non-hydrogen) atoms. The number of sulfone groups is 1. The van der Waals surface area contributed by atoms with Crippen molar-refractivity contribution in [1.82, 2.24) is 9.55 Å². The lowest BCUT2D eigenvalue weighted by molar-refractivity contribution is 0.595. The minimum Gasteiger partial charge on any atom is -0.329 e. The molecular formula is C10H11ClN2O2S2. The second-order valence-corrected chi connectivity index (χ2v) is 7.65. The van der Waals surface area contributed by atoms with Gasteiger partial charge < -0.3 is 4.57 Å². The molecule has 0 bridgehead atoms. The Kier molecular flexibility index (Phi) is 3.56. The molecule has 0 N–H and O–H groups in total. The van der Waals surface area contributed by atoms with Crippen LogP contribution in [-0.4, -0.2) is 30.0 Å². The Hall–Kier alpha value is -0.850. The molecule has 0 aliphatic carbocycles. The van der Waals surface area contributed by atoms with E-state index in [4.69, 9.17) is 11.6 Å². The van der Waals surface area contributed by atoms with Crippen LogP contribution in [0.25, 0.3) is 10.7 Å². The molecule has 2 heterocycles. The smallest absolute Gasteiger partial charge is 0.150 e. The van der Waals surface area contributed by atoms with Crippen molar-refractivity contribution in [2.45, 2.75) is 6.54 Å². The molecule has 0 aromatic carbocycles. The minimum absolute atomic E-state index is 0.107. The number of halogens is 1. The largest absolute Gasteiger partial charge is 0.329 e. The average Bonchev–Trinajstić information content (AvgIpc) is 2.81. The van der Waals surface area contributed by atoms with Crippen LogP contribution in [0.15, 0.2) is 24.5 Å². The monoisotopic (exact) mass is 290 g/mol. The Bertz CT molecular complexity index is 616. The molecule has 0 spiro atoms. The van der Waals surface area contributed by atoms with E-state index in [0.29, 0.717) is 10.9 Å². The molecule has 0 saturated heterocycles. The molecule has 4 nitrogen and oxygen atoms in total. The van der Waals surface area contributed by atoms with E-state index < -0.39 is 9.84 Å². The van der Waals surface area contributed by atoms with E-state index in [1.54, 1.807) is 18.5 Å². The Balaban J connectivity index is 2.23. The van der Waals surface area contributed by atoms with Crippen LogP contribution >= 0.6 is 22.9 Å². The fourth-order valence-electron chi connectivity index (χ4n) is 1.41. The van der Waals surface area contributed by atoms with Gasteiger partial charge in [-0.3, -0.25) is 0 Å². The Labute approximate surface area is 109 Å². The quantitative estimate of drug-likeness (QED) is 0.868. The van der Waals surface area contributed by atoms with Crippen molar-refractivity contribution in [2.75, 3.05) is 12.0 Å². The lowest BCUT2D eigenvalue weighted by atomic mass is 10.4. The van der Waals surface area contributed by atoms with Gasteiger partial charge in [-0.2, -0.15) is 0 Å². The van der Waals surface area contributed by atoms with E-state index in [9.17, 15) is 8.42 Å². The molecule has 0 radical (unpaired) electrons. The molecule has 7 heteroatoms. The first-order valence-electron chi connectivity index (χ1n) is 4.90. The van der Waals surface area contributed by atoms with Crippen LogP contribution in [0.5, 0.6) is 0 Å². The summed E-state index contributed by atoms with van der Waals surface area (Å²) in [4.78, 5) is 5.16. The van der Waals surface area contributed by atoms with Gasteiger partial charge in [0.1, 0.15) is 15.7 Å². The van der Waals surface area contributed by atoms with Crippen molar-refractivity contribution in [2.24, 2.45) is 0 Å². The van der Waals surface area contributed by atoms with Crippen LogP contribution in [0.4, 0.5) is 0 Å². The second-order valence-electron chi connectivity index (χ2n) is 3.68. The molecule has 0 unspecified atom stereocenters. The molecule has 0 aliphatic rings. The van der Waals surface area contributed by atoms with Crippen molar-refractivity contribution in [1.29, 1.82) is 0 Å². The Morgan fingerprint density at radius 3 is 2.82 bits per heavy atom. The zero-order valence-corrected chi connectivity index (χ0v) is 11.5. The summed E-state index contributed by atoms with van der Waals surface area (Å²) in [6, 6.07) is 3.68. The Morgan fingerprint density at radius 2 is 2.24 bits per heavy atom. The van der Waals surface area contributed by atoms with Gasteiger partial charge in [-0.05, 0) is 12.1 Å². The fraction of sp³-hybridized carbons (Fsp3) is 0.300. The van der Waals surface area contributed by atoms with Crippen molar-refractivity contribution in [3.63, 3.8) is 0 Å². The van der Waals surface area contributed by atoms with Gasteiger partial charge in [-0.15, -0.1) is 11.3 Å². The van der Waals surface area contributed by atoms with E-state index >= 15 is 0 Å². The van der Waals surface area contributed by atoms with Crippen LogP contribution in [-0.2, 0) is 16.4 Å². The number of rotatable bonds is 4. The van der Waals surface area contributed by atoms with Crippen molar-refractivity contribution in [3.8, 4) is 10.7 Å². The topological polar surface area (TPSA) is 52.0 Å². The van der Waals surface area contributed by atoms with Gasteiger partial charge in [0, 0.05) is 25.2 Å². The summed E-state index contributed by atoms with van der Waals surface area (Å²) in [5.74, 6) is 0.862. The number of nitrogens with zero attached hydrogens (tertiary/aromatic N) is 2. The fourth-order valence-corrected chi connectivity index (χ4v) is 3.00. The normalized spacial score (nSPS) is 11.9. The predicted octanol–water partition coefficient (Wildman–Crippen LogP) is 2.31. The molecule has 0 aliphatic heterocycles. The predicted molar refractivity (Wildman–Crippen MR) is 70.3 cm³/mol. The van der Waals surface area contributed by atoms with Crippen LogP contribution in [0, 0.1) is 0 Å². The van der Waals surface area contributed by atoms with E-state index in [-0.39, 0.29) is 5.75 Å². The maximum atomic E-state index is 11.1. The molecule has 92 valence electrons. The highest BCUT2D eigenvalue weighted by atomic mass is 35.5. The van der Waals surface area contributed by atoms with Gasteiger partial charge in [-0.1, -0.05) is 11.6 Å². The molecule has 2 rings (SSSR count). The summed E-state index contributed by atoms with van der Waals surface area (Å²) in [7, 11) is -2.97. The van der Waals surface area contributed by atoms with Gasteiger partial charge in [0.25, 0.3) is 0 Å². The third-order valence-corrected chi connectivity index (χ3v) is 4.36. The summed E-state index contributed by atoms with van der Waals surface area (Å²) in [5.41, 5.74) is 0. The highest BCUT2D eigenvalue weighted by molar-refractivity contribution is 7.90. The van der Waals surface area contributed by atoms with E-state index in [1.807, 2.05) is 10.6 Å². The third kappa shape index (κ3) is 3.31. The summed E-state index contributed by atoms with van der Waals surface area (Å²) in [6.45, 7) is 0.406. The molecule has 2 aromatic heterocycles. The first-order valence-corrected chi connectivity index (χ1v) is 8.16. The number of thiophene rings is 1. The van der Waals surface area contributed by atoms with Crippen LogP contribution in [0.3, 0.4) is 0 Å². The van der Waals surface area contributed by atoms with E-state index in [0.717, 1.165) is 10.7 Å². The average molecular weight is 291 g/mol. The summed E-state index contributed by atoms with van der Waals surface area (Å²) >= 11 is 7.29. The standard InChI is InChI=1S/C10H11ClN2O2S2/c1-17(14,15)7-6-13-5-4-12-10(13)8-2-3-9(11)16-8/h2-5H,6-7H2,1H3. The summed E-state index contributed by atoms with van der Waals surface area (Å²) < 4.78 is 24.8. The molecule has 0 amide bonds. The zero-order valence-electron chi connectivity index (χ0n) is 9.13. The number of aryl methyl sites for hydroxylation is 1. The molecule has 2 aromatic rings. The van der Waals surface area contributed by atoms with Gasteiger partial charge >= 0.3 is 0 Å². The highest BCUT2D eigenvalue weighted by Crippen LogP contribution is 2.29. The third-order valence-electron chi connectivity index (χ3n) is 2.21. The maximum absolute atomic E-state index is 11.1. The lowest BCUT2D eigenvalue weighted by Crippen LogP contribution is -2.11. The molecule has 0 atom stereocenters. The highest BCUT2D eigenvalue weighted by Gasteiger charge is 2.10. The van der Waals surface area contributed by atoms with Crippen LogP contribution in [0.1, 0.15) is 0 Å². The number of imidazole rings is 1. The first-order chi connectivity index (χ1) is 7.96. The van der Waals surface area contributed by atoms with Crippen LogP contribution < -0.4 is 0 Å². The minimum atomic E-state index is -2.97. The van der Waals surface area contributed by atoms with Crippen molar-refractivity contribution in [3.05, 3.63) is 28.9 Å². The number of hydrogen-bond donors (Lipinski definition) is 0. The van der Waals surface area contributed by atoms with Crippen molar-refractivity contribution < 1.29 is 8.42 Å². The Morgan fingerprint density at radius 1 is 1.47 bits per heavy atom. The summed E-state index contributed by atoms with van der Waals surface area (Å²) in [6.07, 6.45) is 4.66. The zero-order chi connectivity index (χ0) is 12.5. The van der Waals surface area contributed by atoms with Gasteiger partial charge in [-0.25, -0.2) is 13.4 Å². The maximum Gasteiger partial charge on any atom is 0.150 e. The van der Waals surface area contributed by atoms with Gasteiger partial charge in [0.15, 0.2) is 0 Å². The van der Waals surface area contributed by atoms with E-state index in [2.05, 4.69) is 4.98 Å². The van der Waals surface area contributed by atoms with Crippen molar-refractivity contribution >= 4 is 32.8 Å². The van der Waals surface area contributed by atoms with Gasteiger partial charge in [0.05, 0.1) is 15.0 Å². The lowest BCUT2D eigenvalue weighted by Gasteiger charge is -2.05. The number of hydrogen-bond acceptors (Lipinski definition) is 4. The first kappa shape index (κ1) is 12.6. The molecular weight excluding hydrogens is 280 g/mol. The van der Waals surface area contributed by atoms with E-state index in [1.165, 1.54) is 17.6 Å². The van der Waals surface area contributed by atoms with Crippen LogP contribution in [0.2, 0.25) is 4.34 Å².